The summed E-state index contributed by atoms with van der Waals surface area (Å²) in [6, 6.07) is 6.19. The third-order valence-electron chi connectivity index (χ3n) is 5.69. The number of hydrogen-bond acceptors (Lipinski definition) is 4. The fraction of sp³-hybridized carbons (Fsp3) is 0.700. The number of ether oxygens (including phenoxy) is 2. The summed E-state index contributed by atoms with van der Waals surface area (Å²) in [6.45, 7) is 8.04. The van der Waals surface area contributed by atoms with Crippen molar-refractivity contribution in [1.29, 1.82) is 0 Å². The van der Waals surface area contributed by atoms with Gasteiger partial charge in [-0.1, -0.05) is 19.4 Å². The first-order valence-corrected chi connectivity index (χ1v) is 9.26. The molecule has 1 aliphatic carbocycles. The Bertz CT molecular complexity index is 542. The molecule has 1 heterocycles. The molecular weight excluding hydrogens is 336 g/mol. The van der Waals surface area contributed by atoms with E-state index >= 15 is 0 Å². The molecule has 1 aliphatic heterocycles. The molecule has 4 nitrogen and oxygen atoms in total. The molecule has 0 radical (unpaired) electrons. The molecule has 1 saturated heterocycles. The SMILES string of the molecule is COc1ccc(CN(CC2CCC2)CC2(C)CCNC2)c(OC)c1.Cl. The Kier molecular flexibility index (Phi) is 7.41. The van der Waals surface area contributed by atoms with Crippen LogP contribution >= 0.6 is 12.4 Å². The van der Waals surface area contributed by atoms with Crippen molar-refractivity contribution in [2.75, 3.05) is 40.4 Å². The fourth-order valence-corrected chi connectivity index (χ4v) is 3.99. The quantitative estimate of drug-likeness (QED) is 0.758. The van der Waals surface area contributed by atoms with Gasteiger partial charge < -0.3 is 14.8 Å². The number of rotatable bonds is 8. The molecule has 1 atom stereocenters. The van der Waals surface area contributed by atoms with Crippen LogP contribution in [0.2, 0.25) is 0 Å². The summed E-state index contributed by atoms with van der Waals surface area (Å²) >= 11 is 0. The Morgan fingerprint density at radius 3 is 2.60 bits per heavy atom. The standard InChI is InChI=1S/C20H32N2O2.ClH/c1-20(9-10-21-14-20)15-22(12-16-5-4-6-16)13-17-7-8-18(23-2)11-19(17)24-3;/h7-8,11,16,21H,4-6,9-10,12-15H2,1-3H3;1H. The number of halogens is 1. The van der Waals surface area contributed by atoms with E-state index in [1.54, 1.807) is 14.2 Å². The minimum absolute atomic E-state index is 0. The molecular formula is C20H33ClN2O2. The van der Waals surface area contributed by atoms with Crippen molar-refractivity contribution in [2.45, 2.75) is 39.2 Å². The molecule has 25 heavy (non-hydrogen) atoms. The summed E-state index contributed by atoms with van der Waals surface area (Å²) in [7, 11) is 3.45. The fourth-order valence-electron chi connectivity index (χ4n) is 3.99. The zero-order chi connectivity index (χ0) is 17.0. The zero-order valence-electron chi connectivity index (χ0n) is 15.8. The maximum Gasteiger partial charge on any atom is 0.127 e. The van der Waals surface area contributed by atoms with Crippen LogP contribution < -0.4 is 14.8 Å². The Morgan fingerprint density at radius 1 is 1.24 bits per heavy atom. The summed E-state index contributed by atoms with van der Waals surface area (Å²) in [5.74, 6) is 2.67. The lowest BCUT2D eigenvalue weighted by Gasteiger charge is -2.37. The van der Waals surface area contributed by atoms with E-state index in [0.717, 1.165) is 43.6 Å². The summed E-state index contributed by atoms with van der Waals surface area (Å²) in [5.41, 5.74) is 1.65. The largest absolute Gasteiger partial charge is 0.497 e. The first kappa shape index (κ1) is 20.3. The van der Waals surface area contributed by atoms with Crippen LogP contribution in [-0.2, 0) is 6.54 Å². The second-order valence-electron chi connectivity index (χ2n) is 7.88. The van der Waals surface area contributed by atoms with E-state index in [-0.39, 0.29) is 12.4 Å². The summed E-state index contributed by atoms with van der Waals surface area (Å²) in [6.07, 6.45) is 5.47. The Hall–Kier alpha value is -0.970. The van der Waals surface area contributed by atoms with Gasteiger partial charge in [0.2, 0.25) is 0 Å². The van der Waals surface area contributed by atoms with Crippen LogP contribution in [0.3, 0.4) is 0 Å². The smallest absolute Gasteiger partial charge is 0.127 e. The number of hydrogen-bond donors (Lipinski definition) is 1. The second kappa shape index (κ2) is 9.11. The van der Waals surface area contributed by atoms with Gasteiger partial charge in [-0.25, -0.2) is 0 Å². The van der Waals surface area contributed by atoms with Crippen molar-refractivity contribution in [3.63, 3.8) is 0 Å². The molecule has 5 heteroatoms. The topological polar surface area (TPSA) is 33.7 Å². The van der Waals surface area contributed by atoms with Gasteiger partial charge in [-0.2, -0.15) is 0 Å². The summed E-state index contributed by atoms with van der Waals surface area (Å²) in [4.78, 5) is 2.65. The molecule has 2 fully saturated rings. The van der Waals surface area contributed by atoms with E-state index in [1.807, 2.05) is 12.1 Å². The first-order chi connectivity index (χ1) is 11.6. The highest BCUT2D eigenvalue weighted by Gasteiger charge is 2.32. The third kappa shape index (κ3) is 5.25. The van der Waals surface area contributed by atoms with Gasteiger partial charge >= 0.3 is 0 Å². The highest BCUT2D eigenvalue weighted by molar-refractivity contribution is 5.85. The molecule has 1 N–H and O–H groups in total. The first-order valence-electron chi connectivity index (χ1n) is 9.26. The second-order valence-corrected chi connectivity index (χ2v) is 7.88. The number of nitrogens with zero attached hydrogens (tertiary/aromatic N) is 1. The summed E-state index contributed by atoms with van der Waals surface area (Å²) < 4.78 is 10.9. The molecule has 3 rings (SSSR count). The molecule has 1 aromatic carbocycles. The number of nitrogens with one attached hydrogen (secondary N) is 1. The van der Waals surface area contributed by atoms with Gasteiger partial charge in [-0.15, -0.1) is 12.4 Å². The molecule has 0 spiro atoms. The van der Waals surface area contributed by atoms with Crippen LogP contribution in [0.5, 0.6) is 11.5 Å². The predicted octanol–water partition coefficient (Wildman–Crippen LogP) is 3.73. The highest BCUT2D eigenvalue weighted by atomic mass is 35.5. The maximum atomic E-state index is 5.61. The van der Waals surface area contributed by atoms with Gasteiger partial charge in [0.1, 0.15) is 11.5 Å². The van der Waals surface area contributed by atoms with Gasteiger partial charge in [-0.05, 0) is 43.2 Å². The summed E-state index contributed by atoms with van der Waals surface area (Å²) in [5, 5.41) is 3.53. The Balaban J connectivity index is 0.00000225. The van der Waals surface area contributed by atoms with Gasteiger partial charge in [-0.3, -0.25) is 4.90 Å². The molecule has 1 saturated carbocycles. The van der Waals surface area contributed by atoms with E-state index in [2.05, 4.69) is 23.2 Å². The minimum atomic E-state index is 0. The van der Waals surface area contributed by atoms with Crippen molar-refractivity contribution in [3.8, 4) is 11.5 Å². The molecule has 142 valence electrons. The molecule has 0 bridgehead atoms. The third-order valence-corrected chi connectivity index (χ3v) is 5.69. The van der Waals surface area contributed by atoms with Crippen molar-refractivity contribution >= 4 is 12.4 Å². The zero-order valence-corrected chi connectivity index (χ0v) is 16.7. The molecule has 1 unspecified atom stereocenters. The molecule has 0 aromatic heterocycles. The van der Waals surface area contributed by atoms with Crippen molar-refractivity contribution < 1.29 is 9.47 Å². The maximum absolute atomic E-state index is 5.61. The van der Waals surface area contributed by atoms with Crippen molar-refractivity contribution in [1.82, 2.24) is 10.2 Å². The highest BCUT2D eigenvalue weighted by Crippen LogP contribution is 2.33. The van der Waals surface area contributed by atoms with Crippen LogP contribution in [0.4, 0.5) is 0 Å². The van der Waals surface area contributed by atoms with Crippen LogP contribution in [0, 0.1) is 11.3 Å². The molecule has 2 aliphatic rings. The van der Waals surface area contributed by atoms with E-state index in [0.29, 0.717) is 5.41 Å². The van der Waals surface area contributed by atoms with E-state index < -0.39 is 0 Å². The van der Waals surface area contributed by atoms with Crippen LogP contribution in [0.15, 0.2) is 18.2 Å². The predicted molar refractivity (Wildman–Crippen MR) is 105 cm³/mol. The Labute approximate surface area is 158 Å². The van der Waals surface area contributed by atoms with E-state index in [4.69, 9.17) is 9.47 Å². The number of benzene rings is 1. The van der Waals surface area contributed by atoms with E-state index in [1.165, 1.54) is 37.8 Å². The molecule has 1 aromatic rings. The van der Waals surface area contributed by atoms with E-state index in [9.17, 15) is 0 Å². The van der Waals surface area contributed by atoms with Crippen LogP contribution in [-0.4, -0.2) is 45.3 Å². The van der Waals surface area contributed by atoms with Crippen LogP contribution in [0.25, 0.3) is 0 Å². The van der Waals surface area contributed by atoms with Crippen LogP contribution in [0.1, 0.15) is 38.2 Å². The van der Waals surface area contributed by atoms with Gasteiger partial charge in [0, 0.05) is 37.8 Å². The lowest BCUT2D eigenvalue weighted by atomic mass is 9.83. The lowest BCUT2D eigenvalue weighted by Crippen LogP contribution is -2.40. The average Bonchev–Trinajstić information content (AvgIpc) is 2.97. The number of methoxy groups -OCH3 is 2. The average molecular weight is 369 g/mol. The van der Waals surface area contributed by atoms with Crippen molar-refractivity contribution in [3.05, 3.63) is 23.8 Å². The monoisotopic (exact) mass is 368 g/mol. The normalized spacial score (nSPS) is 23.2. The van der Waals surface area contributed by atoms with Gasteiger partial charge in [0.05, 0.1) is 14.2 Å². The van der Waals surface area contributed by atoms with Gasteiger partial charge in [0.25, 0.3) is 0 Å². The molecule has 0 amide bonds. The Morgan fingerprint density at radius 2 is 2.04 bits per heavy atom. The lowest BCUT2D eigenvalue weighted by molar-refractivity contribution is 0.121. The minimum Gasteiger partial charge on any atom is -0.497 e. The van der Waals surface area contributed by atoms with Crippen molar-refractivity contribution in [2.24, 2.45) is 11.3 Å². The van der Waals surface area contributed by atoms with Gasteiger partial charge in [0.15, 0.2) is 0 Å².